The summed E-state index contributed by atoms with van der Waals surface area (Å²) in [5.74, 6) is -0.162. The van der Waals surface area contributed by atoms with Crippen LogP contribution in [0.15, 0.2) is 48.8 Å². The number of benzene rings is 1. The number of urea groups is 1. The first-order valence-corrected chi connectivity index (χ1v) is 10.2. The highest BCUT2D eigenvalue weighted by Gasteiger charge is 2.32. The lowest BCUT2D eigenvalue weighted by Gasteiger charge is -2.38. The smallest absolute Gasteiger partial charge is 0.319 e. The van der Waals surface area contributed by atoms with Crippen molar-refractivity contribution in [2.45, 2.75) is 19.1 Å². The van der Waals surface area contributed by atoms with E-state index in [9.17, 15) is 9.59 Å². The van der Waals surface area contributed by atoms with Crippen molar-refractivity contribution >= 4 is 34.9 Å². The molecule has 2 aromatic rings. The second-order valence-corrected chi connectivity index (χ2v) is 7.48. The summed E-state index contributed by atoms with van der Waals surface area (Å²) in [5.41, 5.74) is 1.67. The van der Waals surface area contributed by atoms with Gasteiger partial charge in [-0.15, -0.1) is 0 Å². The van der Waals surface area contributed by atoms with E-state index in [0.29, 0.717) is 36.9 Å². The Morgan fingerprint density at radius 2 is 1.70 bits per heavy atom. The topological polar surface area (TPSA) is 86.8 Å². The summed E-state index contributed by atoms with van der Waals surface area (Å²) in [4.78, 5) is 33.6. The molecule has 3 rings (SSSR count). The molecule has 9 heteroatoms. The number of halogens is 1. The molecule has 1 aliphatic rings. The molecule has 1 aliphatic heterocycles. The molecule has 1 aromatic heterocycles. The van der Waals surface area contributed by atoms with Gasteiger partial charge in [0.2, 0.25) is 5.91 Å². The molecule has 0 aliphatic carbocycles. The zero-order valence-corrected chi connectivity index (χ0v) is 17.8. The quantitative estimate of drug-likeness (QED) is 0.734. The molecule has 1 aromatic carbocycles. The summed E-state index contributed by atoms with van der Waals surface area (Å²) >= 11 is 5.87. The van der Waals surface area contributed by atoms with E-state index in [0.717, 1.165) is 5.69 Å². The molecule has 8 nitrogen and oxygen atoms in total. The van der Waals surface area contributed by atoms with E-state index in [1.807, 2.05) is 12.1 Å². The number of nitrogens with zero attached hydrogens (tertiary/aromatic N) is 3. The third-order valence-electron chi connectivity index (χ3n) is 5.12. The van der Waals surface area contributed by atoms with Crippen LogP contribution in [0.2, 0.25) is 5.02 Å². The number of amides is 3. The third kappa shape index (κ3) is 5.61. The predicted octanol–water partition coefficient (Wildman–Crippen LogP) is 2.61. The van der Waals surface area contributed by atoms with Crippen LogP contribution in [0.1, 0.15) is 6.92 Å². The van der Waals surface area contributed by atoms with E-state index in [1.54, 1.807) is 48.5 Å². The monoisotopic (exact) mass is 431 g/mol. The molecule has 0 unspecified atom stereocenters. The molecule has 1 fully saturated rings. The Morgan fingerprint density at radius 1 is 1.07 bits per heavy atom. The molecule has 30 heavy (non-hydrogen) atoms. The second-order valence-electron chi connectivity index (χ2n) is 7.04. The molecule has 0 radical (unpaired) electrons. The number of hydrogen-bond donors (Lipinski definition) is 2. The second kappa shape index (κ2) is 10.3. The van der Waals surface area contributed by atoms with E-state index in [4.69, 9.17) is 16.3 Å². The lowest BCUT2D eigenvalue weighted by atomic mass is 10.1. The van der Waals surface area contributed by atoms with Crippen LogP contribution in [0, 0.1) is 0 Å². The van der Waals surface area contributed by atoms with Gasteiger partial charge in [0, 0.05) is 62.1 Å². The van der Waals surface area contributed by atoms with Gasteiger partial charge in [0.05, 0.1) is 6.10 Å². The average molecular weight is 432 g/mol. The largest absolute Gasteiger partial charge is 0.379 e. The van der Waals surface area contributed by atoms with Crippen molar-refractivity contribution in [3.05, 3.63) is 53.8 Å². The molecular formula is C21H26ClN5O3. The van der Waals surface area contributed by atoms with Crippen LogP contribution in [0.5, 0.6) is 0 Å². The summed E-state index contributed by atoms with van der Waals surface area (Å²) in [5, 5.41) is 6.04. The molecule has 160 valence electrons. The van der Waals surface area contributed by atoms with E-state index in [1.165, 1.54) is 7.11 Å². The first-order valence-electron chi connectivity index (χ1n) is 9.77. The lowest BCUT2D eigenvalue weighted by Crippen LogP contribution is -2.58. The van der Waals surface area contributed by atoms with Gasteiger partial charge in [-0.2, -0.15) is 0 Å². The molecule has 2 N–H and O–H groups in total. The number of anilines is 2. The fourth-order valence-corrected chi connectivity index (χ4v) is 3.42. The van der Waals surface area contributed by atoms with E-state index in [2.05, 4.69) is 20.5 Å². The molecule has 1 saturated heterocycles. The Kier molecular flexibility index (Phi) is 7.48. The Hall–Kier alpha value is -2.84. The number of methoxy groups -OCH3 is 1. The van der Waals surface area contributed by atoms with Crippen LogP contribution < -0.4 is 15.5 Å². The van der Waals surface area contributed by atoms with E-state index >= 15 is 0 Å². The standard InChI is InChI=1S/C21H26ClN5O3/c1-15(30-2)19(25-21(29)24-17-5-3-16(22)4-6-17)20(28)27-13-11-26(12-14-27)18-7-9-23-10-8-18/h3-10,15,19H,11-14H2,1-2H3,(H2,24,25,29)/t15-,19+/m0/s1. The number of aromatic nitrogens is 1. The third-order valence-corrected chi connectivity index (χ3v) is 5.37. The minimum Gasteiger partial charge on any atom is -0.379 e. The van der Waals surface area contributed by atoms with Gasteiger partial charge in [-0.3, -0.25) is 9.78 Å². The van der Waals surface area contributed by atoms with Gasteiger partial charge >= 0.3 is 6.03 Å². The van der Waals surface area contributed by atoms with E-state index in [-0.39, 0.29) is 5.91 Å². The number of carbonyl (C=O) groups excluding carboxylic acids is 2. The van der Waals surface area contributed by atoms with Crippen LogP contribution in [-0.2, 0) is 9.53 Å². The highest BCUT2D eigenvalue weighted by atomic mass is 35.5. The van der Waals surface area contributed by atoms with Crippen LogP contribution in [0.3, 0.4) is 0 Å². The van der Waals surface area contributed by atoms with Gasteiger partial charge in [-0.25, -0.2) is 4.79 Å². The average Bonchev–Trinajstić information content (AvgIpc) is 2.79. The molecular weight excluding hydrogens is 406 g/mol. The maximum atomic E-state index is 13.1. The van der Waals surface area contributed by atoms with Gasteiger partial charge in [0.25, 0.3) is 0 Å². The molecule has 0 spiro atoms. The minimum atomic E-state index is -0.797. The number of nitrogens with one attached hydrogen (secondary N) is 2. The summed E-state index contributed by atoms with van der Waals surface area (Å²) < 4.78 is 5.36. The van der Waals surface area contributed by atoms with Crippen molar-refractivity contribution in [3.63, 3.8) is 0 Å². The number of carbonyl (C=O) groups is 2. The number of hydrogen-bond acceptors (Lipinski definition) is 5. The van der Waals surface area contributed by atoms with Crippen LogP contribution in [-0.4, -0.2) is 67.3 Å². The Morgan fingerprint density at radius 3 is 2.30 bits per heavy atom. The number of piperazine rings is 1. The highest BCUT2D eigenvalue weighted by Crippen LogP contribution is 2.16. The number of ether oxygens (including phenoxy) is 1. The fraction of sp³-hybridized carbons (Fsp3) is 0.381. The molecule has 0 saturated carbocycles. The summed E-state index contributed by atoms with van der Waals surface area (Å²) in [6.45, 7) is 4.31. The molecule has 2 heterocycles. The van der Waals surface area contributed by atoms with Crippen LogP contribution in [0.25, 0.3) is 0 Å². The van der Waals surface area contributed by atoms with Crippen molar-refractivity contribution in [1.82, 2.24) is 15.2 Å². The van der Waals surface area contributed by atoms with Crippen LogP contribution >= 0.6 is 11.6 Å². The van der Waals surface area contributed by atoms with Crippen molar-refractivity contribution < 1.29 is 14.3 Å². The van der Waals surface area contributed by atoms with Crippen molar-refractivity contribution in [1.29, 1.82) is 0 Å². The SMILES string of the molecule is CO[C@@H](C)[C@@H](NC(=O)Nc1ccc(Cl)cc1)C(=O)N1CCN(c2ccncc2)CC1. The van der Waals surface area contributed by atoms with Gasteiger partial charge < -0.3 is 25.2 Å². The maximum absolute atomic E-state index is 13.1. The van der Waals surface area contributed by atoms with Gasteiger partial charge in [0.1, 0.15) is 6.04 Å². The maximum Gasteiger partial charge on any atom is 0.319 e. The van der Waals surface area contributed by atoms with Crippen molar-refractivity contribution in [2.24, 2.45) is 0 Å². The number of rotatable bonds is 6. The first kappa shape index (κ1) is 21.9. The summed E-state index contributed by atoms with van der Waals surface area (Å²) in [7, 11) is 1.52. The minimum absolute atomic E-state index is 0.162. The predicted molar refractivity (Wildman–Crippen MR) is 117 cm³/mol. The Bertz CT molecular complexity index is 841. The molecule has 2 atom stereocenters. The lowest BCUT2D eigenvalue weighted by molar-refractivity contribution is -0.136. The van der Waals surface area contributed by atoms with Gasteiger partial charge in [0.15, 0.2) is 0 Å². The summed E-state index contributed by atoms with van der Waals surface area (Å²) in [6.07, 6.45) is 3.03. The Labute approximate surface area is 181 Å². The normalized spacial score (nSPS) is 16.0. The van der Waals surface area contributed by atoms with Gasteiger partial charge in [-0.05, 0) is 43.3 Å². The highest BCUT2D eigenvalue weighted by molar-refractivity contribution is 6.30. The zero-order chi connectivity index (χ0) is 21.5. The first-order chi connectivity index (χ1) is 14.5. The van der Waals surface area contributed by atoms with Crippen molar-refractivity contribution in [2.75, 3.05) is 43.5 Å². The van der Waals surface area contributed by atoms with E-state index < -0.39 is 18.2 Å². The zero-order valence-electron chi connectivity index (χ0n) is 17.0. The molecule has 3 amide bonds. The Balaban J connectivity index is 1.60. The van der Waals surface area contributed by atoms with Crippen molar-refractivity contribution in [3.8, 4) is 0 Å². The van der Waals surface area contributed by atoms with Gasteiger partial charge in [-0.1, -0.05) is 11.6 Å². The molecule has 0 bridgehead atoms. The van der Waals surface area contributed by atoms with Crippen LogP contribution in [0.4, 0.5) is 16.2 Å². The fourth-order valence-electron chi connectivity index (χ4n) is 3.29. The number of pyridine rings is 1. The summed E-state index contributed by atoms with van der Waals surface area (Å²) in [6, 6.07) is 9.38.